The van der Waals surface area contributed by atoms with Crippen LogP contribution >= 0.6 is 0 Å². The van der Waals surface area contributed by atoms with Crippen LogP contribution in [0.1, 0.15) is 45.8 Å². The van der Waals surface area contributed by atoms with Crippen LogP contribution in [0.4, 0.5) is 0 Å². The van der Waals surface area contributed by atoms with Gasteiger partial charge in [0.1, 0.15) is 0 Å². The molecule has 1 rings (SSSR count). The Hall–Kier alpha value is -1.26. The van der Waals surface area contributed by atoms with E-state index in [1.54, 1.807) is 0 Å². The molecule has 2 unspecified atom stereocenters. The maximum absolute atomic E-state index is 10.2. The van der Waals surface area contributed by atoms with Gasteiger partial charge in [0.15, 0.2) is 0 Å². The highest BCUT2D eigenvalue weighted by Gasteiger charge is 2.15. The van der Waals surface area contributed by atoms with Crippen LogP contribution < -0.4 is 0 Å². The Morgan fingerprint density at radius 2 is 1.76 bits per heavy atom. The van der Waals surface area contributed by atoms with Gasteiger partial charge in [-0.25, -0.2) is 0 Å². The molecule has 0 aliphatic rings. The minimum Gasteiger partial charge on any atom is -0.388 e. The Morgan fingerprint density at radius 3 is 2.29 bits per heavy atom. The molecule has 0 amide bonds. The minimum absolute atomic E-state index is 0.0391. The molecule has 17 heavy (non-hydrogen) atoms. The number of aliphatic hydroxyl groups is 1. The summed E-state index contributed by atoms with van der Waals surface area (Å²) in [6.07, 6.45) is 0.304. The zero-order valence-corrected chi connectivity index (χ0v) is 11.2. The molecule has 92 valence electrons. The van der Waals surface area contributed by atoms with Gasteiger partial charge in [-0.3, -0.25) is 0 Å². The van der Waals surface area contributed by atoms with E-state index in [1.165, 1.54) is 0 Å². The number of benzene rings is 1. The maximum atomic E-state index is 10.2. The lowest BCUT2D eigenvalue weighted by molar-refractivity contribution is 0.120. The summed E-state index contributed by atoms with van der Waals surface area (Å²) in [6, 6.07) is 9.77. The lowest BCUT2D eigenvalue weighted by Crippen LogP contribution is -2.08. The highest BCUT2D eigenvalue weighted by atomic mass is 16.3. The van der Waals surface area contributed by atoms with Gasteiger partial charge in [-0.15, -0.1) is 5.92 Å². The molecule has 1 aromatic carbocycles. The summed E-state index contributed by atoms with van der Waals surface area (Å²) in [7, 11) is 0. The normalized spacial score (nSPS) is 14.6. The Labute approximate surface area is 105 Å². The average molecular weight is 230 g/mol. The number of rotatable bonds is 3. The third-order valence-electron chi connectivity index (χ3n) is 2.57. The Balaban J connectivity index is 2.59. The summed E-state index contributed by atoms with van der Waals surface area (Å²) in [5, 5.41) is 10.2. The SMILES string of the molecule is CC(CC#CC(C)(C)C)C(O)c1ccccc1. The van der Waals surface area contributed by atoms with E-state index in [2.05, 4.69) is 32.6 Å². The van der Waals surface area contributed by atoms with Gasteiger partial charge in [0.25, 0.3) is 0 Å². The van der Waals surface area contributed by atoms with Crippen molar-refractivity contribution in [3.8, 4) is 11.8 Å². The molecule has 1 aromatic rings. The van der Waals surface area contributed by atoms with Gasteiger partial charge in [-0.1, -0.05) is 43.2 Å². The van der Waals surface area contributed by atoms with Gasteiger partial charge in [0.2, 0.25) is 0 Å². The molecule has 1 nitrogen and oxygen atoms in total. The smallest absolute Gasteiger partial charge is 0.0824 e. The van der Waals surface area contributed by atoms with Gasteiger partial charge >= 0.3 is 0 Å². The lowest BCUT2D eigenvalue weighted by Gasteiger charge is -2.17. The second kappa shape index (κ2) is 5.89. The molecule has 0 aliphatic heterocycles. The number of hydrogen-bond acceptors (Lipinski definition) is 1. The van der Waals surface area contributed by atoms with Gasteiger partial charge in [0, 0.05) is 11.8 Å². The Morgan fingerprint density at radius 1 is 1.18 bits per heavy atom. The van der Waals surface area contributed by atoms with Crippen molar-refractivity contribution >= 4 is 0 Å². The van der Waals surface area contributed by atoms with Gasteiger partial charge < -0.3 is 5.11 Å². The zero-order chi connectivity index (χ0) is 12.9. The summed E-state index contributed by atoms with van der Waals surface area (Å²) in [5.74, 6) is 6.52. The molecular formula is C16H22O. The second-order valence-electron chi connectivity index (χ2n) is 5.59. The molecule has 0 spiro atoms. The third kappa shape index (κ3) is 5.06. The predicted octanol–water partition coefficient (Wildman–Crippen LogP) is 3.80. The fourth-order valence-corrected chi connectivity index (χ4v) is 1.57. The fraction of sp³-hybridized carbons (Fsp3) is 0.500. The summed E-state index contributed by atoms with van der Waals surface area (Å²) in [6.45, 7) is 8.32. The summed E-state index contributed by atoms with van der Waals surface area (Å²) < 4.78 is 0. The lowest BCUT2D eigenvalue weighted by atomic mass is 9.93. The van der Waals surface area contributed by atoms with Crippen molar-refractivity contribution in [2.75, 3.05) is 0 Å². The van der Waals surface area contributed by atoms with Crippen LogP contribution in [0.2, 0.25) is 0 Å². The van der Waals surface area contributed by atoms with Crippen molar-refractivity contribution in [3.63, 3.8) is 0 Å². The van der Waals surface area contributed by atoms with E-state index in [0.717, 1.165) is 12.0 Å². The summed E-state index contributed by atoms with van der Waals surface area (Å²) in [5.41, 5.74) is 1.01. The summed E-state index contributed by atoms with van der Waals surface area (Å²) >= 11 is 0. The van der Waals surface area contributed by atoms with Crippen LogP contribution in [0.3, 0.4) is 0 Å². The van der Waals surface area contributed by atoms with Crippen molar-refractivity contribution in [2.45, 2.75) is 40.2 Å². The van der Waals surface area contributed by atoms with Crippen LogP contribution in [0.25, 0.3) is 0 Å². The van der Waals surface area contributed by atoms with Crippen molar-refractivity contribution in [1.29, 1.82) is 0 Å². The molecule has 0 aromatic heterocycles. The van der Waals surface area contributed by atoms with Gasteiger partial charge in [-0.05, 0) is 32.3 Å². The van der Waals surface area contributed by atoms with E-state index in [9.17, 15) is 5.11 Å². The fourth-order valence-electron chi connectivity index (χ4n) is 1.57. The largest absolute Gasteiger partial charge is 0.388 e. The molecule has 0 fully saturated rings. The van der Waals surface area contributed by atoms with E-state index < -0.39 is 6.10 Å². The first-order chi connectivity index (χ1) is 7.90. The molecule has 0 heterocycles. The van der Waals surface area contributed by atoms with Crippen molar-refractivity contribution in [2.24, 2.45) is 11.3 Å². The molecule has 2 atom stereocenters. The molecule has 1 heteroatoms. The van der Waals surface area contributed by atoms with Gasteiger partial charge in [-0.2, -0.15) is 0 Å². The monoisotopic (exact) mass is 230 g/mol. The first-order valence-electron chi connectivity index (χ1n) is 6.13. The van der Waals surface area contributed by atoms with Crippen LogP contribution in [0.15, 0.2) is 30.3 Å². The van der Waals surface area contributed by atoms with Crippen molar-refractivity contribution in [1.82, 2.24) is 0 Å². The van der Waals surface area contributed by atoms with E-state index >= 15 is 0 Å². The highest BCUT2D eigenvalue weighted by molar-refractivity contribution is 5.18. The highest BCUT2D eigenvalue weighted by Crippen LogP contribution is 2.23. The van der Waals surface area contributed by atoms with Crippen molar-refractivity contribution < 1.29 is 5.11 Å². The van der Waals surface area contributed by atoms with E-state index in [-0.39, 0.29) is 11.3 Å². The van der Waals surface area contributed by atoms with Crippen LogP contribution in [-0.4, -0.2) is 5.11 Å². The standard InChI is InChI=1S/C16H22O/c1-13(9-8-12-16(2,3)4)15(17)14-10-6-5-7-11-14/h5-7,10-11,13,15,17H,9H2,1-4H3. The average Bonchev–Trinajstić information content (AvgIpc) is 2.27. The topological polar surface area (TPSA) is 20.2 Å². The van der Waals surface area contributed by atoms with E-state index in [0.29, 0.717) is 0 Å². The quantitative estimate of drug-likeness (QED) is 0.783. The predicted molar refractivity (Wildman–Crippen MR) is 72.4 cm³/mol. The number of hydrogen-bond donors (Lipinski definition) is 1. The molecule has 0 radical (unpaired) electrons. The van der Waals surface area contributed by atoms with Crippen LogP contribution in [0, 0.1) is 23.2 Å². The molecule has 1 N–H and O–H groups in total. The molecule has 0 saturated carbocycles. The second-order valence-corrected chi connectivity index (χ2v) is 5.59. The Kier molecular flexibility index (Phi) is 4.78. The molecular weight excluding hydrogens is 208 g/mol. The Bertz CT molecular complexity index is 389. The number of aliphatic hydroxyl groups excluding tert-OH is 1. The minimum atomic E-state index is -0.425. The molecule has 0 saturated heterocycles. The van der Waals surface area contributed by atoms with E-state index in [1.807, 2.05) is 37.3 Å². The van der Waals surface area contributed by atoms with Crippen molar-refractivity contribution in [3.05, 3.63) is 35.9 Å². The van der Waals surface area contributed by atoms with Crippen LogP contribution in [-0.2, 0) is 0 Å². The third-order valence-corrected chi connectivity index (χ3v) is 2.57. The first kappa shape index (κ1) is 13.8. The molecule has 0 aliphatic carbocycles. The maximum Gasteiger partial charge on any atom is 0.0824 e. The first-order valence-corrected chi connectivity index (χ1v) is 6.13. The molecule has 0 bridgehead atoms. The zero-order valence-electron chi connectivity index (χ0n) is 11.2. The van der Waals surface area contributed by atoms with Crippen LogP contribution in [0.5, 0.6) is 0 Å². The van der Waals surface area contributed by atoms with E-state index in [4.69, 9.17) is 0 Å². The van der Waals surface area contributed by atoms with Gasteiger partial charge in [0.05, 0.1) is 6.10 Å². The summed E-state index contributed by atoms with van der Waals surface area (Å²) in [4.78, 5) is 0.